The molecule has 4 heteroatoms. The molecule has 0 amide bonds. The minimum Gasteiger partial charge on any atom is -0.464 e. The molecule has 3 rings (SSSR count). The van der Waals surface area contributed by atoms with Crippen molar-refractivity contribution in [1.29, 1.82) is 0 Å². The number of ether oxygens (including phenoxy) is 1. The van der Waals surface area contributed by atoms with Crippen molar-refractivity contribution in [2.45, 2.75) is 18.8 Å². The number of carbonyl (C=O) groups is 1. The van der Waals surface area contributed by atoms with Gasteiger partial charge in [-0.25, -0.2) is 9.78 Å². The summed E-state index contributed by atoms with van der Waals surface area (Å²) in [6.07, 6.45) is 2.48. The fraction of sp³-hybridized carbons (Fsp3) is 0.286. The molecule has 0 radical (unpaired) electrons. The van der Waals surface area contributed by atoms with Gasteiger partial charge in [0, 0.05) is 0 Å². The maximum Gasteiger partial charge on any atom is 0.358 e. The van der Waals surface area contributed by atoms with E-state index in [1.807, 2.05) is 6.07 Å². The van der Waals surface area contributed by atoms with Crippen LogP contribution in [0.15, 0.2) is 29.8 Å². The molecule has 0 aliphatic heterocycles. The molecule has 1 heterocycles. The number of hydrogen-bond donors (Lipinski definition) is 0. The smallest absolute Gasteiger partial charge is 0.358 e. The highest BCUT2D eigenvalue weighted by molar-refractivity contribution is 7.13. The van der Waals surface area contributed by atoms with Crippen LogP contribution in [0.1, 0.15) is 34.8 Å². The number of rotatable bonds is 3. The molecule has 0 N–H and O–H groups in total. The Kier molecular flexibility index (Phi) is 2.88. The predicted molar refractivity (Wildman–Crippen MR) is 70.9 cm³/mol. The molecule has 18 heavy (non-hydrogen) atoms. The highest BCUT2D eigenvalue weighted by Gasteiger charge is 2.28. The van der Waals surface area contributed by atoms with E-state index in [0.717, 1.165) is 10.4 Å². The summed E-state index contributed by atoms with van der Waals surface area (Å²) in [4.78, 5) is 16.7. The summed E-state index contributed by atoms with van der Waals surface area (Å²) in [6, 6.07) is 8.26. The SMILES string of the molecule is COC(=O)c1ncsc1-c1ccccc1C1CC1. The summed E-state index contributed by atoms with van der Waals surface area (Å²) in [6.45, 7) is 0. The first-order chi connectivity index (χ1) is 8.81. The Morgan fingerprint density at radius 3 is 2.89 bits per heavy atom. The highest BCUT2D eigenvalue weighted by Crippen LogP contribution is 2.45. The van der Waals surface area contributed by atoms with Crippen molar-refractivity contribution < 1.29 is 9.53 Å². The molecule has 92 valence electrons. The number of esters is 1. The Hall–Kier alpha value is -1.68. The first-order valence-electron chi connectivity index (χ1n) is 5.92. The summed E-state index contributed by atoms with van der Waals surface area (Å²) in [5.41, 5.74) is 4.58. The zero-order chi connectivity index (χ0) is 12.5. The molecular weight excluding hydrogens is 246 g/mol. The molecule has 1 aliphatic rings. The van der Waals surface area contributed by atoms with Crippen LogP contribution < -0.4 is 0 Å². The third kappa shape index (κ3) is 1.93. The van der Waals surface area contributed by atoms with Gasteiger partial charge < -0.3 is 4.74 Å². The van der Waals surface area contributed by atoms with E-state index in [9.17, 15) is 4.79 Å². The lowest BCUT2D eigenvalue weighted by molar-refractivity contribution is 0.0596. The molecule has 0 bridgehead atoms. The maximum atomic E-state index is 11.7. The quantitative estimate of drug-likeness (QED) is 0.792. The second kappa shape index (κ2) is 4.53. The fourth-order valence-electron chi connectivity index (χ4n) is 2.13. The topological polar surface area (TPSA) is 39.2 Å². The van der Waals surface area contributed by atoms with E-state index >= 15 is 0 Å². The average molecular weight is 259 g/mol. The largest absolute Gasteiger partial charge is 0.464 e. The van der Waals surface area contributed by atoms with E-state index in [2.05, 4.69) is 23.2 Å². The Balaban J connectivity index is 2.10. The molecule has 0 saturated heterocycles. The lowest BCUT2D eigenvalue weighted by Gasteiger charge is -2.07. The standard InChI is InChI=1S/C14H13NO2S/c1-17-14(16)12-13(18-8-15-12)11-5-3-2-4-10(11)9-6-7-9/h2-5,8-9H,6-7H2,1H3. The minimum absolute atomic E-state index is 0.364. The van der Waals surface area contributed by atoms with Crippen LogP contribution in [0, 0.1) is 0 Å². The summed E-state index contributed by atoms with van der Waals surface area (Å²) < 4.78 is 4.78. The fourth-order valence-corrected chi connectivity index (χ4v) is 2.96. The van der Waals surface area contributed by atoms with Gasteiger partial charge in [-0.3, -0.25) is 0 Å². The van der Waals surface area contributed by atoms with Crippen LogP contribution in [0.2, 0.25) is 0 Å². The van der Waals surface area contributed by atoms with Gasteiger partial charge in [0.1, 0.15) is 0 Å². The van der Waals surface area contributed by atoms with Gasteiger partial charge in [-0.2, -0.15) is 0 Å². The van der Waals surface area contributed by atoms with Gasteiger partial charge in [0.05, 0.1) is 17.5 Å². The number of methoxy groups -OCH3 is 1. The van der Waals surface area contributed by atoms with Crippen molar-refractivity contribution in [3.8, 4) is 10.4 Å². The maximum absolute atomic E-state index is 11.7. The predicted octanol–water partition coefficient (Wildman–Crippen LogP) is 3.47. The molecule has 2 aromatic rings. The summed E-state index contributed by atoms with van der Waals surface area (Å²) in [5, 5.41) is 0. The third-order valence-corrected chi connectivity index (χ3v) is 4.03. The van der Waals surface area contributed by atoms with Crippen molar-refractivity contribution in [1.82, 2.24) is 4.98 Å². The highest BCUT2D eigenvalue weighted by atomic mass is 32.1. The Morgan fingerprint density at radius 1 is 1.39 bits per heavy atom. The summed E-state index contributed by atoms with van der Waals surface area (Å²) in [7, 11) is 1.39. The Morgan fingerprint density at radius 2 is 2.17 bits per heavy atom. The van der Waals surface area contributed by atoms with Gasteiger partial charge in [0.2, 0.25) is 0 Å². The van der Waals surface area contributed by atoms with Crippen molar-refractivity contribution in [2.75, 3.05) is 7.11 Å². The molecular formula is C14H13NO2S. The third-order valence-electron chi connectivity index (χ3n) is 3.17. The van der Waals surface area contributed by atoms with Gasteiger partial charge in [-0.15, -0.1) is 11.3 Å². The van der Waals surface area contributed by atoms with Gasteiger partial charge in [0.15, 0.2) is 5.69 Å². The van der Waals surface area contributed by atoms with E-state index in [0.29, 0.717) is 11.6 Å². The van der Waals surface area contributed by atoms with E-state index in [4.69, 9.17) is 4.74 Å². The lowest BCUT2D eigenvalue weighted by atomic mass is 10.0. The van der Waals surface area contributed by atoms with Gasteiger partial charge in [0.25, 0.3) is 0 Å². The first kappa shape index (κ1) is 11.4. The molecule has 0 spiro atoms. The molecule has 1 aromatic carbocycles. The monoisotopic (exact) mass is 259 g/mol. The van der Waals surface area contributed by atoms with Crippen molar-refractivity contribution in [2.24, 2.45) is 0 Å². The Labute approximate surface area is 109 Å². The van der Waals surface area contributed by atoms with Gasteiger partial charge >= 0.3 is 5.97 Å². The van der Waals surface area contributed by atoms with Crippen LogP contribution in [0.3, 0.4) is 0 Å². The zero-order valence-corrected chi connectivity index (χ0v) is 10.9. The van der Waals surface area contributed by atoms with E-state index in [1.165, 1.54) is 36.9 Å². The second-order valence-corrected chi connectivity index (χ2v) is 5.24. The van der Waals surface area contributed by atoms with Crippen molar-refractivity contribution in [3.63, 3.8) is 0 Å². The molecule has 0 unspecified atom stereocenters. The molecule has 3 nitrogen and oxygen atoms in total. The van der Waals surface area contributed by atoms with Crippen molar-refractivity contribution >= 4 is 17.3 Å². The summed E-state index contributed by atoms with van der Waals surface area (Å²) >= 11 is 1.49. The van der Waals surface area contributed by atoms with Crippen LogP contribution in [0.5, 0.6) is 0 Å². The van der Waals surface area contributed by atoms with E-state index in [-0.39, 0.29) is 5.97 Å². The normalized spacial score (nSPS) is 14.5. The van der Waals surface area contributed by atoms with Crippen LogP contribution in [0.25, 0.3) is 10.4 Å². The zero-order valence-electron chi connectivity index (χ0n) is 10.1. The number of carbonyl (C=O) groups excluding carboxylic acids is 1. The van der Waals surface area contributed by atoms with Gasteiger partial charge in [-0.1, -0.05) is 24.3 Å². The molecule has 1 aromatic heterocycles. The molecule has 1 fully saturated rings. The Bertz CT molecular complexity index is 587. The molecule has 1 aliphatic carbocycles. The van der Waals surface area contributed by atoms with Crippen LogP contribution >= 0.6 is 11.3 Å². The van der Waals surface area contributed by atoms with E-state index < -0.39 is 0 Å². The van der Waals surface area contributed by atoms with Crippen molar-refractivity contribution in [3.05, 3.63) is 41.0 Å². The minimum atomic E-state index is -0.364. The second-order valence-electron chi connectivity index (χ2n) is 4.38. The number of benzene rings is 1. The van der Waals surface area contributed by atoms with E-state index in [1.54, 1.807) is 5.51 Å². The first-order valence-corrected chi connectivity index (χ1v) is 6.80. The average Bonchev–Trinajstić information content (AvgIpc) is 3.15. The van der Waals surface area contributed by atoms with Crippen LogP contribution in [-0.4, -0.2) is 18.1 Å². The number of nitrogens with zero attached hydrogens (tertiary/aromatic N) is 1. The number of hydrogen-bond acceptors (Lipinski definition) is 4. The lowest BCUT2D eigenvalue weighted by Crippen LogP contribution is -2.03. The number of aromatic nitrogens is 1. The van der Waals surface area contributed by atoms with Gasteiger partial charge in [-0.05, 0) is 29.9 Å². The van der Waals surface area contributed by atoms with Crippen LogP contribution in [0.4, 0.5) is 0 Å². The number of thiazole rings is 1. The summed E-state index contributed by atoms with van der Waals surface area (Å²) in [5.74, 6) is 0.283. The molecule has 0 atom stereocenters. The molecule has 1 saturated carbocycles. The van der Waals surface area contributed by atoms with Crippen LogP contribution in [-0.2, 0) is 4.74 Å².